The maximum Gasteiger partial charge on any atom is 0.231 e. The number of fused-ring (bicyclic) bond motifs is 2. The van der Waals surface area contributed by atoms with Crippen molar-refractivity contribution < 1.29 is 19.1 Å². The molecule has 1 fully saturated rings. The van der Waals surface area contributed by atoms with Gasteiger partial charge in [0.1, 0.15) is 0 Å². The van der Waals surface area contributed by atoms with Gasteiger partial charge in [0.2, 0.25) is 18.6 Å². The van der Waals surface area contributed by atoms with E-state index in [1.54, 1.807) is 11.8 Å². The van der Waals surface area contributed by atoms with Crippen molar-refractivity contribution in [1.82, 2.24) is 14.8 Å². The van der Waals surface area contributed by atoms with Crippen molar-refractivity contribution >= 4 is 22.7 Å². The van der Waals surface area contributed by atoms with Crippen molar-refractivity contribution in [1.29, 1.82) is 0 Å². The summed E-state index contributed by atoms with van der Waals surface area (Å²) in [4.78, 5) is 32.2. The Morgan fingerprint density at radius 1 is 1.00 bits per heavy atom. The highest BCUT2D eigenvalue weighted by atomic mass is 16.7. The number of carbonyl (C=O) groups is 2. The SMILES string of the molecule is CCc1cccc2c(C(CC(=O)N3CCN(C(C)=O)CC3)c3cccc4c3OCO4)c[nH]c12. The third kappa shape index (κ3) is 3.92. The Labute approximate surface area is 193 Å². The number of amides is 2. The molecule has 1 aromatic heterocycles. The van der Waals surface area contributed by atoms with Gasteiger partial charge in [-0.25, -0.2) is 0 Å². The van der Waals surface area contributed by atoms with Gasteiger partial charge >= 0.3 is 0 Å². The summed E-state index contributed by atoms with van der Waals surface area (Å²) < 4.78 is 11.5. The van der Waals surface area contributed by atoms with Gasteiger partial charge in [0.25, 0.3) is 0 Å². The molecule has 0 aliphatic carbocycles. The van der Waals surface area contributed by atoms with Crippen LogP contribution in [0.15, 0.2) is 42.6 Å². The number of piperazine rings is 1. The van der Waals surface area contributed by atoms with Gasteiger partial charge in [-0.15, -0.1) is 0 Å². The molecule has 1 saturated heterocycles. The lowest BCUT2D eigenvalue weighted by Gasteiger charge is -2.35. The Hall–Kier alpha value is -3.48. The van der Waals surface area contributed by atoms with E-state index in [2.05, 4.69) is 30.1 Å². The summed E-state index contributed by atoms with van der Waals surface area (Å²) in [6.07, 6.45) is 3.28. The van der Waals surface area contributed by atoms with Gasteiger partial charge in [0, 0.05) is 68.1 Å². The summed E-state index contributed by atoms with van der Waals surface area (Å²) in [5.41, 5.74) is 4.41. The molecule has 0 radical (unpaired) electrons. The average molecular weight is 448 g/mol. The van der Waals surface area contributed by atoms with Gasteiger partial charge in [-0.05, 0) is 23.6 Å². The molecule has 3 heterocycles. The number of nitrogens with zero attached hydrogens (tertiary/aromatic N) is 2. The van der Waals surface area contributed by atoms with Crippen LogP contribution in [0, 0.1) is 0 Å². The number of hydrogen-bond acceptors (Lipinski definition) is 4. The van der Waals surface area contributed by atoms with Gasteiger partial charge in [0.05, 0.1) is 0 Å². The molecular weight excluding hydrogens is 418 g/mol. The zero-order valence-corrected chi connectivity index (χ0v) is 19.1. The highest BCUT2D eigenvalue weighted by Gasteiger charge is 2.31. The van der Waals surface area contributed by atoms with Gasteiger partial charge in [0.15, 0.2) is 11.5 Å². The second kappa shape index (κ2) is 8.81. The molecule has 7 nitrogen and oxygen atoms in total. The van der Waals surface area contributed by atoms with E-state index in [0.717, 1.165) is 34.2 Å². The summed E-state index contributed by atoms with van der Waals surface area (Å²) in [7, 11) is 0. The smallest absolute Gasteiger partial charge is 0.231 e. The molecular formula is C26H29N3O4. The molecule has 0 spiro atoms. The number of ether oxygens (including phenoxy) is 2. The Balaban J connectivity index is 1.51. The number of para-hydroxylation sites is 2. The summed E-state index contributed by atoms with van der Waals surface area (Å²) in [6.45, 7) is 6.19. The quantitative estimate of drug-likeness (QED) is 0.648. The number of aromatic amines is 1. The standard InChI is InChI=1S/C26H29N3O4/c1-3-18-6-4-7-19-22(15-27-25(18)19)21(20-8-5-9-23-26(20)33-16-32-23)14-24(31)29-12-10-28(11-13-29)17(2)30/h4-9,15,21,27H,3,10-14,16H2,1-2H3. The molecule has 172 valence electrons. The topological polar surface area (TPSA) is 74.9 Å². The fourth-order valence-electron chi connectivity index (χ4n) is 5.01. The molecule has 3 aromatic rings. The molecule has 2 aliphatic rings. The molecule has 0 bridgehead atoms. The molecule has 1 unspecified atom stereocenters. The van der Waals surface area contributed by atoms with Crippen LogP contribution in [0.25, 0.3) is 10.9 Å². The second-order valence-corrected chi connectivity index (χ2v) is 8.66. The zero-order valence-electron chi connectivity index (χ0n) is 19.1. The van der Waals surface area contributed by atoms with Crippen LogP contribution in [0.5, 0.6) is 11.5 Å². The lowest BCUT2D eigenvalue weighted by atomic mass is 9.86. The Morgan fingerprint density at radius 2 is 1.76 bits per heavy atom. The van der Waals surface area contributed by atoms with Gasteiger partial charge < -0.3 is 24.3 Å². The number of hydrogen-bond donors (Lipinski definition) is 1. The molecule has 1 atom stereocenters. The number of aromatic nitrogens is 1. The first kappa shape index (κ1) is 21.4. The Morgan fingerprint density at radius 3 is 2.52 bits per heavy atom. The van der Waals surface area contributed by atoms with E-state index in [0.29, 0.717) is 38.3 Å². The maximum atomic E-state index is 13.5. The maximum absolute atomic E-state index is 13.5. The highest BCUT2D eigenvalue weighted by molar-refractivity contribution is 5.88. The fourth-order valence-corrected chi connectivity index (χ4v) is 5.01. The molecule has 2 aromatic carbocycles. The number of aryl methyl sites for hydroxylation is 1. The van der Waals surface area contributed by atoms with E-state index >= 15 is 0 Å². The van der Waals surface area contributed by atoms with Crippen LogP contribution in [0.4, 0.5) is 0 Å². The fraction of sp³-hybridized carbons (Fsp3) is 0.385. The number of benzene rings is 2. The van der Waals surface area contributed by atoms with Crippen LogP contribution >= 0.6 is 0 Å². The molecule has 2 aliphatic heterocycles. The lowest BCUT2D eigenvalue weighted by Crippen LogP contribution is -2.50. The van der Waals surface area contributed by atoms with E-state index in [-0.39, 0.29) is 24.5 Å². The molecule has 0 saturated carbocycles. The Kier molecular flexibility index (Phi) is 5.70. The molecule has 33 heavy (non-hydrogen) atoms. The summed E-state index contributed by atoms with van der Waals surface area (Å²) >= 11 is 0. The highest BCUT2D eigenvalue weighted by Crippen LogP contribution is 2.44. The lowest BCUT2D eigenvalue weighted by molar-refractivity contribution is -0.138. The van der Waals surface area contributed by atoms with Crippen molar-refractivity contribution in [3.63, 3.8) is 0 Å². The van der Waals surface area contributed by atoms with Crippen molar-refractivity contribution in [3.05, 3.63) is 59.3 Å². The first-order chi connectivity index (χ1) is 16.1. The zero-order chi connectivity index (χ0) is 22.9. The summed E-state index contributed by atoms with van der Waals surface area (Å²) in [6, 6.07) is 12.2. The molecule has 5 rings (SSSR count). The number of H-pyrrole nitrogens is 1. The van der Waals surface area contributed by atoms with Crippen LogP contribution in [0.3, 0.4) is 0 Å². The number of nitrogens with one attached hydrogen (secondary N) is 1. The van der Waals surface area contributed by atoms with Crippen LogP contribution in [0.2, 0.25) is 0 Å². The minimum Gasteiger partial charge on any atom is -0.454 e. The summed E-state index contributed by atoms with van der Waals surface area (Å²) in [5, 5.41) is 1.13. The van der Waals surface area contributed by atoms with Gasteiger partial charge in [-0.3, -0.25) is 9.59 Å². The van der Waals surface area contributed by atoms with E-state index in [1.165, 1.54) is 5.56 Å². The minimum absolute atomic E-state index is 0.0579. The molecule has 7 heteroatoms. The minimum atomic E-state index is -0.180. The van der Waals surface area contributed by atoms with Crippen LogP contribution in [0.1, 0.15) is 42.9 Å². The monoisotopic (exact) mass is 447 g/mol. The van der Waals surface area contributed by atoms with E-state index in [4.69, 9.17) is 9.47 Å². The molecule has 1 N–H and O–H groups in total. The third-order valence-electron chi connectivity index (χ3n) is 6.85. The largest absolute Gasteiger partial charge is 0.454 e. The molecule has 2 amide bonds. The number of rotatable bonds is 5. The second-order valence-electron chi connectivity index (χ2n) is 8.66. The van der Waals surface area contributed by atoms with Crippen molar-refractivity contribution in [2.45, 2.75) is 32.6 Å². The first-order valence-corrected chi connectivity index (χ1v) is 11.6. The van der Waals surface area contributed by atoms with Gasteiger partial charge in [-0.2, -0.15) is 0 Å². The van der Waals surface area contributed by atoms with Crippen LogP contribution in [-0.4, -0.2) is 59.6 Å². The van der Waals surface area contributed by atoms with Crippen LogP contribution in [-0.2, 0) is 16.0 Å². The summed E-state index contributed by atoms with van der Waals surface area (Å²) in [5.74, 6) is 1.40. The van der Waals surface area contributed by atoms with E-state index in [9.17, 15) is 9.59 Å². The van der Waals surface area contributed by atoms with Crippen molar-refractivity contribution in [2.75, 3.05) is 33.0 Å². The van der Waals surface area contributed by atoms with Crippen molar-refractivity contribution in [3.8, 4) is 11.5 Å². The predicted molar refractivity (Wildman–Crippen MR) is 126 cm³/mol. The van der Waals surface area contributed by atoms with Crippen molar-refractivity contribution in [2.24, 2.45) is 0 Å². The average Bonchev–Trinajstić information content (AvgIpc) is 3.49. The van der Waals surface area contributed by atoms with Gasteiger partial charge in [-0.1, -0.05) is 37.3 Å². The van der Waals surface area contributed by atoms with E-state index in [1.807, 2.05) is 29.3 Å². The predicted octanol–water partition coefficient (Wildman–Crippen LogP) is 3.67. The number of carbonyl (C=O) groups excluding carboxylic acids is 2. The van der Waals surface area contributed by atoms with E-state index < -0.39 is 0 Å². The Bertz CT molecular complexity index is 1190. The third-order valence-corrected chi connectivity index (χ3v) is 6.85. The van der Waals surface area contributed by atoms with Crippen LogP contribution < -0.4 is 9.47 Å². The normalized spacial score (nSPS) is 16.3. The first-order valence-electron chi connectivity index (χ1n) is 11.6.